The van der Waals surface area contributed by atoms with E-state index in [1.54, 1.807) is 0 Å². The highest BCUT2D eigenvalue weighted by molar-refractivity contribution is 7.47. The molecule has 0 saturated carbocycles. The normalized spacial score (nSPS) is 14.6. The van der Waals surface area contributed by atoms with Crippen molar-refractivity contribution in [2.75, 3.05) is 47.5 Å². The maximum absolute atomic E-state index is 12.3. The Morgan fingerprint density at radius 3 is 1.83 bits per heavy atom. The highest BCUT2D eigenvalue weighted by Gasteiger charge is 2.28. The summed E-state index contributed by atoms with van der Waals surface area (Å²) in [6.07, 6.45) is 13.9. The molecule has 0 aliphatic carbocycles. The van der Waals surface area contributed by atoms with E-state index in [1.165, 1.54) is 57.8 Å². The number of carboxylic acid groups (broad SMARTS) is 1. The molecule has 0 rings (SSSR count). The summed E-state index contributed by atoms with van der Waals surface area (Å²) in [7, 11) is 1.21. The van der Waals surface area contributed by atoms with Crippen LogP contribution in [0.4, 0.5) is 0 Å². The molecule has 12 nitrogen and oxygen atoms in total. The maximum atomic E-state index is 12.3. The minimum atomic E-state index is -4.47. The van der Waals surface area contributed by atoms with Gasteiger partial charge in [0.2, 0.25) is 0 Å². The van der Waals surface area contributed by atoms with Gasteiger partial charge in [-0.15, -0.1) is 0 Å². The van der Waals surface area contributed by atoms with Gasteiger partial charge in [0.1, 0.15) is 25.8 Å². The topological polar surface area (TPSA) is 172 Å². The lowest BCUT2D eigenvalue weighted by Crippen LogP contribution is -2.38. The molecule has 0 aromatic heterocycles. The fourth-order valence-electron chi connectivity index (χ4n) is 3.95. The second-order valence-corrected chi connectivity index (χ2v) is 13.3. The fourth-order valence-corrected chi connectivity index (χ4v) is 4.70. The molecule has 248 valence electrons. The first-order valence-electron chi connectivity index (χ1n) is 15.5. The summed E-state index contributed by atoms with van der Waals surface area (Å²) in [5.74, 6) is -2.54. The van der Waals surface area contributed by atoms with E-state index < -0.39 is 51.1 Å². The maximum Gasteiger partial charge on any atom is 0.472 e. The number of hydrogen-bond donors (Lipinski definition) is 3. The number of nitrogens with two attached hydrogens (primary N) is 1. The van der Waals surface area contributed by atoms with E-state index in [9.17, 15) is 23.8 Å². The number of rotatable bonds is 28. The predicted molar refractivity (Wildman–Crippen MR) is 161 cm³/mol. The first kappa shape index (κ1) is 40.4. The number of carbonyl (C=O) groups is 3. The third-order valence-corrected chi connectivity index (χ3v) is 7.59. The van der Waals surface area contributed by atoms with Crippen LogP contribution in [-0.4, -0.2) is 92.0 Å². The average molecular weight is 626 g/mol. The van der Waals surface area contributed by atoms with Crippen LogP contribution in [0.25, 0.3) is 0 Å². The van der Waals surface area contributed by atoms with E-state index in [1.807, 2.05) is 21.1 Å². The molecule has 0 saturated heterocycles. The molecule has 4 N–H and O–H groups in total. The molecule has 0 bridgehead atoms. The largest absolute Gasteiger partial charge is 0.481 e. The molecule has 0 aromatic rings. The van der Waals surface area contributed by atoms with Gasteiger partial charge in [-0.3, -0.25) is 23.4 Å². The Kier molecular flexibility index (Phi) is 23.0. The van der Waals surface area contributed by atoms with E-state index in [0.29, 0.717) is 17.4 Å². The number of esters is 2. The summed E-state index contributed by atoms with van der Waals surface area (Å²) < 4.78 is 33.2. The smallest absolute Gasteiger partial charge is 0.472 e. The van der Waals surface area contributed by atoms with Gasteiger partial charge in [0, 0.05) is 12.8 Å². The Balaban J connectivity index is 4.46. The van der Waals surface area contributed by atoms with Crippen molar-refractivity contribution in [3.05, 3.63) is 0 Å². The molecule has 0 spiro atoms. The Bertz CT molecular complexity index is 791. The number of aliphatic carboxylic acids is 1. The molecule has 0 aliphatic rings. The number of quaternary nitrogens is 1. The van der Waals surface area contributed by atoms with Crippen molar-refractivity contribution < 1.29 is 52.0 Å². The van der Waals surface area contributed by atoms with Crippen LogP contribution in [0.3, 0.4) is 0 Å². The zero-order valence-corrected chi connectivity index (χ0v) is 27.3. The third kappa shape index (κ3) is 26.1. The summed E-state index contributed by atoms with van der Waals surface area (Å²) in [5, 5.41) is 8.80. The van der Waals surface area contributed by atoms with Crippen molar-refractivity contribution in [2.45, 2.75) is 122 Å². The molecule has 0 fully saturated rings. The molecule has 3 unspecified atom stereocenters. The summed E-state index contributed by atoms with van der Waals surface area (Å²) in [6.45, 7) is 1.64. The number of unbranched alkanes of at least 4 members (excludes halogenated alkanes) is 12. The number of likely N-dealkylation sites (N-methyl/N-ethyl adjacent to an activating group) is 1. The molecular formula is C29H58N2O10P+. The van der Waals surface area contributed by atoms with Crippen LogP contribution in [0.15, 0.2) is 0 Å². The van der Waals surface area contributed by atoms with Gasteiger partial charge in [0.15, 0.2) is 6.10 Å². The minimum absolute atomic E-state index is 0.0457. The Morgan fingerprint density at radius 1 is 0.810 bits per heavy atom. The van der Waals surface area contributed by atoms with Crippen LogP contribution in [0, 0.1) is 0 Å². The van der Waals surface area contributed by atoms with Crippen molar-refractivity contribution >= 4 is 25.7 Å². The van der Waals surface area contributed by atoms with Crippen molar-refractivity contribution in [1.82, 2.24) is 0 Å². The first-order chi connectivity index (χ1) is 19.8. The number of carboxylic acids is 1. The molecule has 3 atom stereocenters. The van der Waals surface area contributed by atoms with Crippen LogP contribution in [0.5, 0.6) is 0 Å². The third-order valence-electron chi connectivity index (χ3n) is 6.61. The Morgan fingerprint density at radius 2 is 1.33 bits per heavy atom. The van der Waals surface area contributed by atoms with Gasteiger partial charge >= 0.3 is 25.7 Å². The standard InChI is InChI=1S/C29H57N2O10P/c1-5-6-7-8-9-10-11-12-13-14-15-16-17-18-28(34)38-23-25(41-29(35)26(30)19-20-27(32)33)24-40-42(36,37)39-22-21-31(2,3)4/h25-26H,5-24,30H2,1-4H3,(H-,32,33,36,37)/p+1. The van der Waals surface area contributed by atoms with E-state index in [4.69, 9.17) is 29.4 Å². The Hall–Kier alpha value is -1.56. The fraction of sp³-hybridized carbons (Fsp3) is 0.897. The average Bonchev–Trinajstić information content (AvgIpc) is 2.90. The SMILES string of the molecule is CCCCCCCCCCCCCCCC(=O)OCC(COP(=O)(O)OCC[N+](C)(C)C)OC(=O)C(N)CCC(=O)O. The van der Waals surface area contributed by atoms with Crippen molar-refractivity contribution in [1.29, 1.82) is 0 Å². The van der Waals surface area contributed by atoms with E-state index in [0.717, 1.165) is 19.3 Å². The first-order valence-corrected chi connectivity index (χ1v) is 17.0. The van der Waals surface area contributed by atoms with Crippen LogP contribution >= 0.6 is 7.82 Å². The van der Waals surface area contributed by atoms with Gasteiger partial charge in [-0.05, 0) is 12.8 Å². The molecular weight excluding hydrogens is 567 g/mol. The number of hydrogen-bond acceptors (Lipinski definition) is 9. The number of phosphoric acid groups is 1. The molecule has 0 aromatic carbocycles. The zero-order valence-electron chi connectivity index (χ0n) is 26.4. The van der Waals surface area contributed by atoms with Gasteiger partial charge in [-0.1, -0.05) is 84.0 Å². The van der Waals surface area contributed by atoms with E-state index in [-0.39, 0.29) is 25.9 Å². The van der Waals surface area contributed by atoms with Crippen LogP contribution in [-0.2, 0) is 37.5 Å². The monoisotopic (exact) mass is 625 g/mol. The van der Waals surface area contributed by atoms with Gasteiger partial charge in [-0.2, -0.15) is 0 Å². The number of carbonyl (C=O) groups excluding carboxylic acids is 2. The minimum Gasteiger partial charge on any atom is -0.481 e. The quantitative estimate of drug-likeness (QED) is 0.0465. The van der Waals surface area contributed by atoms with Crippen LogP contribution < -0.4 is 5.73 Å². The lowest BCUT2D eigenvalue weighted by molar-refractivity contribution is -0.870. The van der Waals surface area contributed by atoms with Crippen LogP contribution in [0.1, 0.15) is 110 Å². The van der Waals surface area contributed by atoms with Crippen molar-refractivity contribution in [3.63, 3.8) is 0 Å². The predicted octanol–water partition coefficient (Wildman–Crippen LogP) is 4.95. The number of nitrogens with zero attached hydrogens (tertiary/aromatic N) is 1. The second-order valence-electron chi connectivity index (χ2n) is 11.9. The molecule has 0 heterocycles. The molecule has 13 heteroatoms. The highest BCUT2D eigenvalue weighted by Crippen LogP contribution is 2.43. The molecule has 0 radical (unpaired) electrons. The Labute approximate surface area is 252 Å². The molecule has 0 amide bonds. The number of phosphoric ester groups is 1. The van der Waals surface area contributed by atoms with Crippen molar-refractivity contribution in [3.8, 4) is 0 Å². The lowest BCUT2D eigenvalue weighted by Gasteiger charge is -2.24. The van der Waals surface area contributed by atoms with Crippen LogP contribution in [0.2, 0.25) is 0 Å². The van der Waals surface area contributed by atoms with Gasteiger partial charge in [0.05, 0.1) is 27.7 Å². The lowest BCUT2D eigenvalue weighted by atomic mass is 10.0. The van der Waals surface area contributed by atoms with Gasteiger partial charge in [-0.25, -0.2) is 4.57 Å². The van der Waals surface area contributed by atoms with Gasteiger partial charge < -0.3 is 29.7 Å². The van der Waals surface area contributed by atoms with Crippen molar-refractivity contribution in [2.24, 2.45) is 5.73 Å². The molecule has 0 aliphatic heterocycles. The van der Waals surface area contributed by atoms with E-state index in [2.05, 4.69) is 6.92 Å². The molecule has 42 heavy (non-hydrogen) atoms. The van der Waals surface area contributed by atoms with E-state index >= 15 is 0 Å². The van der Waals surface area contributed by atoms with Gasteiger partial charge in [0.25, 0.3) is 0 Å². The number of ether oxygens (including phenoxy) is 2. The summed E-state index contributed by atoms with van der Waals surface area (Å²) in [4.78, 5) is 45.3. The summed E-state index contributed by atoms with van der Waals surface area (Å²) in [5.41, 5.74) is 5.70. The zero-order chi connectivity index (χ0) is 31.9. The summed E-state index contributed by atoms with van der Waals surface area (Å²) >= 11 is 0. The highest BCUT2D eigenvalue weighted by atomic mass is 31.2. The second kappa shape index (κ2) is 23.8. The summed E-state index contributed by atoms with van der Waals surface area (Å²) in [6, 6.07) is -1.23.